The molecule has 0 saturated heterocycles. The molecule has 1 atom stereocenters. The van der Waals surface area contributed by atoms with Gasteiger partial charge in [0, 0.05) is 21.2 Å². The van der Waals surface area contributed by atoms with Crippen molar-refractivity contribution in [2.24, 2.45) is 5.92 Å². The van der Waals surface area contributed by atoms with Gasteiger partial charge in [0.25, 0.3) is 5.78 Å². The van der Waals surface area contributed by atoms with Crippen LogP contribution in [0.5, 0.6) is 0 Å². The molecule has 2 rings (SSSR count). The van der Waals surface area contributed by atoms with Crippen LogP contribution in [-0.2, 0) is 14.3 Å². The maximum atomic E-state index is 12.2. The van der Waals surface area contributed by atoms with E-state index < -0.39 is 17.7 Å². The van der Waals surface area contributed by atoms with Gasteiger partial charge < -0.3 is 4.74 Å². The van der Waals surface area contributed by atoms with E-state index in [1.807, 2.05) is 0 Å². The Kier molecular flexibility index (Phi) is 4.27. The molecule has 0 radical (unpaired) electrons. The highest BCUT2D eigenvalue weighted by molar-refractivity contribution is 7.99. The largest absolute Gasteiger partial charge is 0.460 e. The van der Waals surface area contributed by atoms with Gasteiger partial charge in [-0.25, -0.2) is 4.79 Å². The number of rotatable bonds is 3. The summed E-state index contributed by atoms with van der Waals surface area (Å²) < 4.78 is 4.64. The Balaban J connectivity index is 2.24. The molecule has 1 heterocycles. The summed E-state index contributed by atoms with van der Waals surface area (Å²) in [5.74, 6) is -2.79. The van der Waals surface area contributed by atoms with E-state index in [2.05, 4.69) is 4.74 Å². The number of Topliss-reactive ketones (excluding diaryl/α,β-unsaturated/α-hetero) is 2. The lowest BCUT2D eigenvalue weighted by Gasteiger charge is -2.21. The number of hydrogen-bond donors (Lipinski definition) is 0. The average molecular weight is 299 g/mol. The Morgan fingerprint density at radius 1 is 1.47 bits per heavy atom. The van der Waals surface area contributed by atoms with Crippen LogP contribution in [0.4, 0.5) is 0 Å². The minimum absolute atomic E-state index is 0.116. The quantitative estimate of drug-likeness (QED) is 0.487. The number of ketones is 2. The van der Waals surface area contributed by atoms with Crippen molar-refractivity contribution in [3.05, 3.63) is 28.8 Å². The van der Waals surface area contributed by atoms with Crippen molar-refractivity contribution in [1.29, 1.82) is 0 Å². The summed E-state index contributed by atoms with van der Waals surface area (Å²) in [6, 6.07) is 4.86. The molecule has 6 heteroatoms. The molecule has 0 aliphatic carbocycles. The van der Waals surface area contributed by atoms with Gasteiger partial charge in [0.2, 0.25) is 0 Å². The van der Waals surface area contributed by atoms with E-state index in [0.29, 0.717) is 10.6 Å². The highest BCUT2D eigenvalue weighted by Crippen LogP contribution is 2.35. The molecule has 4 nitrogen and oxygen atoms in total. The molecule has 100 valence electrons. The predicted octanol–water partition coefficient (Wildman–Crippen LogP) is 2.38. The smallest absolute Gasteiger partial charge is 0.375 e. The summed E-state index contributed by atoms with van der Waals surface area (Å²) >= 11 is 7.19. The highest BCUT2D eigenvalue weighted by Gasteiger charge is 2.37. The summed E-state index contributed by atoms with van der Waals surface area (Å²) in [7, 11) is 0. The Labute approximate surface area is 119 Å². The van der Waals surface area contributed by atoms with Gasteiger partial charge >= 0.3 is 5.97 Å². The van der Waals surface area contributed by atoms with Crippen molar-refractivity contribution in [2.45, 2.75) is 11.8 Å². The van der Waals surface area contributed by atoms with Crippen molar-refractivity contribution < 1.29 is 19.1 Å². The standard InChI is InChI=1S/C13H11ClO4S/c1-2-18-13(17)12(16)9-6-19-10-5-7(14)3-4-8(10)11(9)15/h3-5,9H,2,6H2,1H3. The van der Waals surface area contributed by atoms with Crippen LogP contribution in [0.2, 0.25) is 5.02 Å². The molecule has 0 saturated carbocycles. The van der Waals surface area contributed by atoms with Crippen molar-refractivity contribution >= 4 is 40.9 Å². The van der Waals surface area contributed by atoms with Crippen LogP contribution < -0.4 is 0 Å². The number of halogens is 1. The van der Waals surface area contributed by atoms with Crippen molar-refractivity contribution in [1.82, 2.24) is 0 Å². The molecule has 0 aromatic heterocycles. The van der Waals surface area contributed by atoms with Gasteiger partial charge in [-0.2, -0.15) is 0 Å². The first kappa shape index (κ1) is 14.1. The van der Waals surface area contributed by atoms with Crippen LogP contribution in [-0.4, -0.2) is 29.9 Å². The van der Waals surface area contributed by atoms with E-state index in [1.54, 1.807) is 25.1 Å². The molecule has 0 fully saturated rings. The Hall–Kier alpha value is -1.33. The lowest BCUT2D eigenvalue weighted by Crippen LogP contribution is -2.35. The maximum Gasteiger partial charge on any atom is 0.375 e. The summed E-state index contributed by atoms with van der Waals surface area (Å²) in [5, 5.41) is 0.536. The zero-order chi connectivity index (χ0) is 14.0. The third-order valence-corrected chi connectivity index (χ3v) is 4.11. The summed E-state index contributed by atoms with van der Waals surface area (Å²) in [4.78, 5) is 36.2. The number of carbonyl (C=O) groups excluding carboxylic acids is 3. The number of hydrogen-bond acceptors (Lipinski definition) is 5. The van der Waals surface area contributed by atoms with E-state index in [9.17, 15) is 14.4 Å². The number of fused-ring (bicyclic) bond motifs is 1. The van der Waals surface area contributed by atoms with Gasteiger partial charge in [-0.1, -0.05) is 11.6 Å². The minimum Gasteiger partial charge on any atom is -0.460 e. The number of carbonyl (C=O) groups is 3. The zero-order valence-electron chi connectivity index (χ0n) is 10.1. The number of thioether (sulfide) groups is 1. The fourth-order valence-corrected chi connectivity index (χ4v) is 3.22. The molecule has 0 amide bonds. The number of ether oxygens (including phenoxy) is 1. The fraction of sp³-hybridized carbons (Fsp3) is 0.308. The number of benzene rings is 1. The van der Waals surface area contributed by atoms with Crippen molar-refractivity contribution in [3.8, 4) is 0 Å². The predicted molar refractivity (Wildman–Crippen MR) is 71.6 cm³/mol. The van der Waals surface area contributed by atoms with E-state index in [-0.39, 0.29) is 18.1 Å². The minimum atomic E-state index is -0.960. The average Bonchev–Trinajstić information content (AvgIpc) is 2.38. The second-order valence-electron chi connectivity index (χ2n) is 3.95. The fourth-order valence-electron chi connectivity index (χ4n) is 1.79. The van der Waals surface area contributed by atoms with Crippen LogP contribution in [0.25, 0.3) is 0 Å². The normalized spacial score (nSPS) is 17.8. The molecule has 0 N–H and O–H groups in total. The van der Waals surface area contributed by atoms with Gasteiger partial charge in [0.05, 0.1) is 6.61 Å². The molecule has 0 spiro atoms. The molecule has 1 aromatic carbocycles. The SMILES string of the molecule is CCOC(=O)C(=O)C1CSc2cc(Cl)ccc2C1=O. The molecule has 19 heavy (non-hydrogen) atoms. The molecule has 1 aliphatic rings. The summed E-state index contributed by atoms with van der Waals surface area (Å²) in [6.07, 6.45) is 0. The zero-order valence-corrected chi connectivity index (χ0v) is 11.7. The summed E-state index contributed by atoms with van der Waals surface area (Å²) in [6.45, 7) is 1.73. The van der Waals surface area contributed by atoms with E-state index in [4.69, 9.17) is 11.6 Å². The molecule has 1 unspecified atom stereocenters. The summed E-state index contributed by atoms with van der Waals surface area (Å²) in [5.41, 5.74) is 0.434. The molecule has 1 aromatic rings. The first-order chi connectivity index (χ1) is 9.04. The topological polar surface area (TPSA) is 60.4 Å². The lowest BCUT2D eigenvalue weighted by atomic mass is 9.94. The van der Waals surface area contributed by atoms with Gasteiger partial charge in [-0.05, 0) is 25.1 Å². The Bertz CT molecular complexity index is 556. The Morgan fingerprint density at radius 2 is 2.21 bits per heavy atom. The van der Waals surface area contributed by atoms with Gasteiger partial charge in [0.1, 0.15) is 5.92 Å². The van der Waals surface area contributed by atoms with Crippen LogP contribution in [0, 0.1) is 5.92 Å². The van der Waals surface area contributed by atoms with Crippen LogP contribution in [0.3, 0.4) is 0 Å². The molecular weight excluding hydrogens is 288 g/mol. The Morgan fingerprint density at radius 3 is 2.89 bits per heavy atom. The maximum absolute atomic E-state index is 12.2. The van der Waals surface area contributed by atoms with Crippen molar-refractivity contribution in [2.75, 3.05) is 12.4 Å². The van der Waals surface area contributed by atoms with Crippen LogP contribution in [0.1, 0.15) is 17.3 Å². The first-order valence-electron chi connectivity index (χ1n) is 5.72. The van der Waals surface area contributed by atoms with E-state index in [0.717, 1.165) is 4.90 Å². The van der Waals surface area contributed by atoms with E-state index in [1.165, 1.54) is 11.8 Å². The second-order valence-corrected chi connectivity index (χ2v) is 5.45. The van der Waals surface area contributed by atoms with Crippen LogP contribution in [0.15, 0.2) is 23.1 Å². The van der Waals surface area contributed by atoms with Gasteiger partial charge in [-0.3, -0.25) is 9.59 Å². The molecule has 0 bridgehead atoms. The van der Waals surface area contributed by atoms with E-state index >= 15 is 0 Å². The molecular formula is C13H11ClO4S. The van der Waals surface area contributed by atoms with Gasteiger partial charge in [-0.15, -0.1) is 11.8 Å². The molecule has 1 aliphatic heterocycles. The lowest BCUT2D eigenvalue weighted by molar-refractivity contribution is -0.154. The highest BCUT2D eigenvalue weighted by atomic mass is 35.5. The van der Waals surface area contributed by atoms with Crippen molar-refractivity contribution in [3.63, 3.8) is 0 Å². The monoisotopic (exact) mass is 298 g/mol. The van der Waals surface area contributed by atoms with Crippen LogP contribution >= 0.6 is 23.4 Å². The second kappa shape index (κ2) is 5.75. The first-order valence-corrected chi connectivity index (χ1v) is 7.08. The number of esters is 1. The third-order valence-electron chi connectivity index (χ3n) is 2.72. The van der Waals surface area contributed by atoms with Gasteiger partial charge in [0.15, 0.2) is 5.78 Å². The third kappa shape index (κ3) is 2.82.